The van der Waals surface area contributed by atoms with Gasteiger partial charge in [0.2, 0.25) is 5.89 Å². The van der Waals surface area contributed by atoms with Gasteiger partial charge in [-0.15, -0.1) is 0 Å². The summed E-state index contributed by atoms with van der Waals surface area (Å²) in [5, 5.41) is 0. The van der Waals surface area contributed by atoms with Gasteiger partial charge < -0.3 is 4.42 Å². The van der Waals surface area contributed by atoms with Gasteiger partial charge in [-0.25, -0.2) is 4.98 Å². The normalized spacial score (nSPS) is 12.3. The summed E-state index contributed by atoms with van der Waals surface area (Å²) in [6.07, 6.45) is 0. The Bertz CT molecular complexity index is 477. The van der Waals surface area contributed by atoms with Gasteiger partial charge in [-0.05, 0) is 18.2 Å². The molecule has 0 aliphatic heterocycles. The van der Waals surface area contributed by atoms with Gasteiger partial charge >= 0.3 is 0 Å². The Balaban J connectivity index is 2.63. The van der Waals surface area contributed by atoms with Crippen molar-refractivity contribution in [1.82, 2.24) is 4.98 Å². The summed E-state index contributed by atoms with van der Waals surface area (Å²) in [5.41, 5.74) is 1.25. The third kappa shape index (κ3) is 2.01. The van der Waals surface area contributed by atoms with Gasteiger partial charge in [-0.2, -0.15) is 0 Å². The lowest BCUT2D eigenvalue weighted by Gasteiger charge is -2.02. The van der Waals surface area contributed by atoms with Crippen LogP contribution in [0.1, 0.15) is 5.89 Å². The highest BCUT2D eigenvalue weighted by Crippen LogP contribution is 2.39. The summed E-state index contributed by atoms with van der Waals surface area (Å²) in [5.74, 6) is 0.0793. The van der Waals surface area contributed by atoms with Crippen LogP contribution < -0.4 is 0 Å². The largest absolute Gasteiger partial charge is 0.436 e. The zero-order valence-corrected chi connectivity index (χ0v) is 10.5. The predicted molar refractivity (Wildman–Crippen MR) is 60.9 cm³/mol. The van der Waals surface area contributed by atoms with Gasteiger partial charge in [0.25, 0.3) is 3.79 Å². The summed E-state index contributed by atoms with van der Waals surface area (Å²) in [4.78, 5) is 4.05. The van der Waals surface area contributed by atoms with Gasteiger partial charge in [0.05, 0.1) is 0 Å². The molecule has 6 heteroatoms. The third-order valence-corrected chi connectivity index (χ3v) is 2.57. The molecule has 0 spiro atoms. The minimum atomic E-state index is -1.62. The molecule has 74 valence electrons. The number of nitrogens with zero attached hydrogens (tertiary/aromatic N) is 1. The van der Waals surface area contributed by atoms with Crippen molar-refractivity contribution in [2.75, 3.05) is 0 Å². The lowest BCUT2D eigenvalue weighted by atomic mass is 10.3. The van der Waals surface area contributed by atoms with Crippen molar-refractivity contribution in [3.8, 4) is 0 Å². The van der Waals surface area contributed by atoms with Crippen molar-refractivity contribution in [2.24, 2.45) is 0 Å². The highest BCUT2D eigenvalue weighted by Gasteiger charge is 2.29. The Labute approximate surface area is 103 Å². The molecule has 0 saturated heterocycles. The first-order valence-electron chi connectivity index (χ1n) is 3.60. The third-order valence-electron chi connectivity index (χ3n) is 1.59. The number of aromatic nitrogens is 1. The molecule has 1 aromatic carbocycles. The van der Waals surface area contributed by atoms with Crippen LogP contribution in [0.2, 0.25) is 0 Å². The smallest absolute Gasteiger partial charge is 0.266 e. The number of alkyl halides is 3. The number of oxazole rings is 1. The number of hydrogen-bond acceptors (Lipinski definition) is 2. The minimum absolute atomic E-state index is 0.0793. The number of halogens is 4. The van der Waals surface area contributed by atoms with Gasteiger partial charge in [0.1, 0.15) is 5.52 Å². The Morgan fingerprint density at radius 3 is 2.64 bits per heavy atom. The minimum Gasteiger partial charge on any atom is -0.436 e. The molecule has 0 aliphatic carbocycles. The number of benzene rings is 1. The van der Waals surface area contributed by atoms with Crippen LogP contribution in [0, 0.1) is 0 Å². The Morgan fingerprint density at radius 1 is 1.29 bits per heavy atom. The summed E-state index contributed by atoms with van der Waals surface area (Å²) in [6.45, 7) is 0. The Hall–Kier alpha value is 0.0400. The Kier molecular flexibility index (Phi) is 2.68. The predicted octanol–water partition coefficient (Wildman–Crippen LogP) is 4.42. The average molecular weight is 315 g/mol. The van der Waals surface area contributed by atoms with Crippen molar-refractivity contribution in [3.05, 3.63) is 28.6 Å². The SMILES string of the molecule is ClC(Cl)(Cl)c1nc2cc(Br)ccc2o1. The molecule has 0 atom stereocenters. The van der Waals surface area contributed by atoms with E-state index in [1.807, 2.05) is 6.07 Å². The fourth-order valence-corrected chi connectivity index (χ4v) is 1.61. The molecule has 0 fully saturated rings. The fourth-order valence-electron chi connectivity index (χ4n) is 1.02. The molecule has 0 bridgehead atoms. The van der Waals surface area contributed by atoms with Crippen molar-refractivity contribution >= 4 is 61.8 Å². The molecular weight excluding hydrogens is 312 g/mol. The van der Waals surface area contributed by atoms with Crippen molar-refractivity contribution < 1.29 is 4.42 Å². The molecule has 0 N–H and O–H groups in total. The highest BCUT2D eigenvalue weighted by atomic mass is 79.9. The topological polar surface area (TPSA) is 26.0 Å². The van der Waals surface area contributed by atoms with Crippen molar-refractivity contribution in [1.29, 1.82) is 0 Å². The van der Waals surface area contributed by atoms with Crippen LogP contribution >= 0.6 is 50.7 Å². The van der Waals surface area contributed by atoms with E-state index < -0.39 is 3.79 Å². The molecule has 2 nitrogen and oxygen atoms in total. The average Bonchev–Trinajstić information content (AvgIpc) is 2.45. The maximum absolute atomic E-state index is 5.63. The second-order valence-corrected chi connectivity index (χ2v) is 5.83. The first kappa shape index (κ1) is 10.6. The molecule has 0 amide bonds. The molecule has 0 aliphatic rings. The summed E-state index contributed by atoms with van der Waals surface area (Å²) in [6, 6.07) is 5.38. The molecule has 0 saturated carbocycles. The summed E-state index contributed by atoms with van der Waals surface area (Å²) < 4.78 is 4.54. The van der Waals surface area contributed by atoms with Crippen LogP contribution in [-0.4, -0.2) is 4.98 Å². The second-order valence-electron chi connectivity index (χ2n) is 2.63. The van der Waals surface area contributed by atoms with E-state index >= 15 is 0 Å². The first-order valence-corrected chi connectivity index (χ1v) is 5.53. The van der Waals surface area contributed by atoms with Gasteiger partial charge in [0.15, 0.2) is 5.58 Å². The van der Waals surface area contributed by atoms with E-state index in [1.165, 1.54) is 0 Å². The lowest BCUT2D eigenvalue weighted by molar-refractivity contribution is 0.540. The van der Waals surface area contributed by atoms with E-state index in [0.717, 1.165) is 4.47 Å². The molecule has 1 heterocycles. The van der Waals surface area contributed by atoms with Crippen LogP contribution in [0.3, 0.4) is 0 Å². The van der Waals surface area contributed by atoms with Crippen LogP contribution in [0.5, 0.6) is 0 Å². The van der Waals surface area contributed by atoms with Crippen LogP contribution in [0.15, 0.2) is 27.1 Å². The van der Waals surface area contributed by atoms with Crippen molar-refractivity contribution in [3.63, 3.8) is 0 Å². The van der Waals surface area contributed by atoms with Gasteiger partial charge in [0, 0.05) is 4.47 Å². The van der Waals surface area contributed by atoms with Crippen LogP contribution in [0.4, 0.5) is 0 Å². The number of rotatable bonds is 0. The van der Waals surface area contributed by atoms with Crippen LogP contribution in [0.25, 0.3) is 11.1 Å². The second kappa shape index (κ2) is 3.56. The summed E-state index contributed by atoms with van der Waals surface area (Å²) in [7, 11) is 0. The van der Waals surface area contributed by atoms with E-state index in [9.17, 15) is 0 Å². The van der Waals surface area contributed by atoms with Crippen LogP contribution in [-0.2, 0) is 3.79 Å². The first-order chi connectivity index (χ1) is 6.47. The summed E-state index contributed by atoms with van der Waals surface area (Å²) >= 11 is 20.2. The van der Waals surface area contributed by atoms with E-state index in [-0.39, 0.29) is 5.89 Å². The highest BCUT2D eigenvalue weighted by molar-refractivity contribution is 9.10. The van der Waals surface area contributed by atoms with E-state index in [1.54, 1.807) is 12.1 Å². The zero-order chi connectivity index (χ0) is 10.3. The maximum atomic E-state index is 5.63. The van der Waals surface area contributed by atoms with E-state index in [4.69, 9.17) is 39.2 Å². The molecule has 0 unspecified atom stereocenters. The quantitative estimate of drug-likeness (QED) is 0.673. The molecule has 14 heavy (non-hydrogen) atoms. The molecular formula is C8H3BrCl3NO. The molecule has 0 radical (unpaired) electrons. The van der Waals surface area contributed by atoms with Gasteiger partial charge in [-0.3, -0.25) is 0 Å². The number of fused-ring (bicyclic) bond motifs is 1. The molecule has 2 rings (SSSR count). The standard InChI is InChI=1S/C8H3BrCl3NO/c9-4-1-2-6-5(3-4)13-7(14-6)8(10,11)12/h1-3H. The van der Waals surface area contributed by atoms with Crippen molar-refractivity contribution in [2.45, 2.75) is 3.79 Å². The number of hydrogen-bond donors (Lipinski definition) is 0. The fraction of sp³-hybridized carbons (Fsp3) is 0.125. The van der Waals surface area contributed by atoms with E-state index in [2.05, 4.69) is 20.9 Å². The van der Waals surface area contributed by atoms with Gasteiger partial charge in [-0.1, -0.05) is 50.7 Å². The molecule has 1 aromatic heterocycles. The Morgan fingerprint density at radius 2 is 2.00 bits per heavy atom. The lowest BCUT2D eigenvalue weighted by Crippen LogP contribution is -1.99. The monoisotopic (exact) mass is 313 g/mol. The maximum Gasteiger partial charge on any atom is 0.266 e. The molecule has 2 aromatic rings. The van der Waals surface area contributed by atoms with E-state index in [0.29, 0.717) is 11.1 Å². The zero-order valence-electron chi connectivity index (χ0n) is 6.60.